The van der Waals surface area contributed by atoms with Crippen molar-refractivity contribution in [3.05, 3.63) is 118 Å². The lowest BCUT2D eigenvalue weighted by Crippen LogP contribution is -2.66. The first-order valence-corrected chi connectivity index (χ1v) is 13.8. The molecule has 5 atom stereocenters. The van der Waals surface area contributed by atoms with Crippen LogP contribution in [0.5, 0.6) is 0 Å². The summed E-state index contributed by atoms with van der Waals surface area (Å²) in [6, 6.07) is 24.4. The van der Waals surface area contributed by atoms with Crippen LogP contribution in [0.15, 0.2) is 90.0 Å². The van der Waals surface area contributed by atoms with E-state index in [0.29, 0.717) is 13.0 Å². The fourth-order valence-corrected chi connectivity index (χ4v) is 5.14. The molecule has 0 bridgehead atoms. The molecule has 2 aliphatic rings. The number of carbonyl (C=O) groups excluding carboxylic acids is 2. The second kappa shape index (κ2) is 14.2. The lowest BCUT2D eigenvalue weighted by molar-refractivity contribution is -0.290. The number of aliphatic hydroxyl groups is 1. The van der Waals surface area contributed by atoms with E-state index in [4.69, 9.17) is 24.5 Å². The maximum absolute atomic E-state index is 13.6. The number of rotatable bonds is 13. The molecule has 0 spiro atoms. The van der Waals surface area contributed by atoms with Gasteiger partial charge in [-0.15, -0.1) is 0 Å². The van der Waals surface area contributed by atoms with Gasteiger partial charge in [-0.3, -0.25) is 14.5 Å². The highest BCUT2D eigenvalue weighted by Gasteiger charge is 2.54. The molecule has 0 radical (unpaired) electrons. The summed E-state index contributed by atoms with van der Waals surface area (Å²) in [7, 11) is 0. The molecule has 5 rings (SSSR count). The van der Waals surface area contributed by atoms with E-state index < -0.39 is 42.5 Å². The number of benzene rings is 3. The summed E-state index contributed by atoms with van der Waals surface area (Å²) in [4.78, 5) is 31.0. The summed E-state index contributed by atoms with van der Waals surface area (Å²) in [5, 5.41) is 15.1. The van der Waals surface area contributed by atoms with Gasteiger partial charge in [0.05, 0.1) is 30.9 Å². The molecular weight excluding hydrogens is 540 g/mol. The van der Waals surface area contributed by atoms with Crippen LogP contribution in [0.2, 0.25) is 0 Å². The Morgan fingerprint density at radius 1 is 0.857 bits per heavy atom. The van der Waals surface area contributed by atoms with Crippen molar-refractivity contribution in [2.24, 2.45) is 5.11 Å². The van der Waals surface area contributed by atoms with Crippen molar-refractivity contribution in [1.82, 2.24) is 4.90 Å². The zero-order chi connectivity index (χ0) is 29.3. The molecule has 0 unspecified atom stereocenters. The van der Waals surface area contributed by atoms with Crippen molar-refractivity contribution >= 4 is 11.8 Å². The van der Waals surface area contributed by atoms with Crippen LogP contribution in [0.4, 0.5) is 0 Å². The molecule has 1 fully saturated rings. The Hall–Kier alpha value is -4.09. The third-order valence-corrected chi connectivity index (χ3v) is 7.19. The molecule has 11 nitrogen and oxygen atoms in total. The Labute approximate surface area is 243 Å². The van der Waals surface area contributed by atoms with E-state index in [9.17, 15) is 14.7 Å². The molecule has 0 aromatic heterocycles. The topological polar surface area (TPSA) is 143 Å². The maximum atomic E-state index is 13.6. The average Bonchev–Trinajstić information content (AvgIpc) is 3.27. The van der Waals surface area contributed by atoms with Gasteiger partial charge in [-0.2, -0.15) is 0 Å². The van der Waals surface area contributed by atoms with Gasteiger partial charge in [0.25, 0.3) is 11.8 Å². The molecule has 2 amide bonds. The highest BCUT2D eigenvalue weighted by atomic mass is 16.7. The van der Waals surface area contributed by atoms with E-state index in [1.165, 1.54) is 0 Å². The predicted octanol–water partition coefficient (Wildman–Crippen LogP) is 4.26. The SMILES string of the molecule is [N-]=[N+]=NCCCO[C@@H]1O[C@H](COCc2ccccc2)[C@@H](O)[C@H](OCc2ccccc2)[C@H]1N1C(=O)c2ccccc2C1=O. The number of hydrogen-bond donors (Lipinski definition) is 1. The number of carbonyl (C=O) groups is 2. The molecule has 218 valence electrons. The fourth-order valence-electron chi connectivity index (χ4n) is 5.14. The Morgan fingerprint density at radius 3 is 2.07 bits per heavy atom. The second-order valence-electron chi connectivity index (χ2n) is 9.99. The Bertz CT molecular complexity index is 1370. The summed E-state index contributed by atoms with van der Waals surface area (Å²) >= 11 is 0. The molecule has 0 saturated carbocycles. The van der Waals surface area contributed by atoms with Crippen molar-refractivity contribution in [3.63, 3.8) is 0 Å². The first-order valence-electron chi connectivity index (χ1n) is 13.8. The minimum absolute atomic E-state index is 0.00861. The van der Waals surface area contributed by atoms with E-state index in [1.807, 2.05) is 60.7 Å². The molecule has 42 heavy (non-hydrogen) atoms. The van der Waals surface area contributed by atoms with Gasteiger partial charge >= 0.3 is 0 Å². The Balaban J connectivity index is 1.42. The molecule has 11 heteroatoms. The number of hydrogen-bond acceptors (Lipinski definition) is 8. The summed E-state index contributed by atoms with van der Waals surface area (Å²) in [5.41, 5.74) is 10.9. The fraction of sp³-hybridized carbons (Fsp3) is 0.355. The normalized spacial score (nSPS) is 23.5. The Kier molecular flexibility index (Phi) is 9.94. The van der Waals surface area contributed by atoms with Gasteiger partial charge in [-0.05, 0) is 35.2 Å². The third kappa shape index (κ3) is 6.69. The van der Waals surface area contributed by atoms with Gasteiger partial charge < -0.3 is 24.1 Å². The molecule has 3 aromatic rings. The summed E-state index contributed by atoms with van der Waals surface area (Å²) < 4.78 is 24.5. The number of imide groups is 1. The predicted molar refractivity (Wildman–Crippen MR) is 151 cm³/mol. The van der Waals surface area contributed by atoms with Gasteiger partial charge in [0, 0.05) is 18.1 Å². The largest absolute Gasteiger partial charge is 0.388 e. The molecule has 2 aliphatic heterocycles. The van der Waals surface area contributed by atoms with E-state index in [1.54, 1.807) is 24.3 Å². The van der Waals surface area contributed by atoms with Crippen LogP contribution in [-0.2, 0) is 32.2 Å². The average molecular weight is 573 g/mol. The van der Waals surface area contributed by atoms with Crippen LogP contribution < -0.4 is 0 Å². The maximum Gasteiger partial charge on any atom is 0.262 e. The molecule has 3 aromatic carbocycles. The number of azide groups is 1. The van der Waals surface area contributed by atoms with Crippen molar-refractivity contribution < 1.29 is 33.6 Å². The number of aliphatic hydroxyl groups excluding tert-OH is 1. The first kappa shape index (κ1) is 29.4. The van der Waals surface area contributed by atoms with Crippen LogP contribution in [0.25, 0.3) is 10.4 Å². The first-order chi connectivity index (χ1) is 20.6. The van der Waals surface area contributed by atoms with Crippen LogP contribution in [0, 0.1) is 0 Å². The lowest BCUT2D eigenvalue weighted by Gasteiger charge is -2.46. The minimum Gasteiger partial charge on any atom is -0.388 e. The molecule has 1 saturated heterocycles. The molecule has 1 N–H and O–H groups in total. The van der Waals surface area contributed by atoms with Crippen LogP contribution >= 0.6 is 0 Å². The number of ether oxygens (including phenoxy) is 4. The van der Waals surface area contributed by atoms with Crippen molar-refractivity contribution in [1.29, 1.82) is 0 Å². The molecular formula is C31H32N4O7. The zero-order valence-corrected chi connectivity index (χ0v) is 22.9. The number of amides is 2. The standard InChI is InChI=1S/C31H32N4O7/c32-34-33-16-9-17-40-31-26(35-29(37)23-14-7-8-15-24(23)30(35)38)28(41-19-22-12-5-2-6-13-22)27(36)25(42-31)20-39-18-21-10-3-1-4-11-21/h1-8,10-15,25-28,31,36H,9,16-20H2/t25-,26-,27-,28-,31-/m1/s1. The van der Waals surface area contributed by atoms with E-state index in [-0.39, 0.29) is 37.5 Å². The zero-order valence-electron chi connectivity index (χ0n) is 22.9. The van der Waals surface area contributed by atoms with Crippen LogP contribution in [0.3, 0.4) is 0 Å². The van der Waals surface area contributed by atoms with E-state index in [2.05, 4.69) is 10.0 Å². The quantitative estimate of drug-likeness (QED) is 0.106. The highest BCUT2D eigenvalue weighted by Crippen LogP contribution is 2.34. The van der Waals surface area contributed by atoms with Gasteiger partial charge in [-0.1, -0.05) is 77.9 Å². The monoisotopic (exact) mass is 572 g/mol. The minimum atomic E-state index is -1.26. The summed E-state index contributed by atoms with van der Waals surface area (Å²) in [6.07, 6.45) is -3.97. The highest BCUT2D eigenvalue weighted by molar-refractivity contribution is 6.21. The third-order valence-electron chi connectivity index (χ3n) is 7.19. The van der Waals surface area contributed by atoms with Gasteiger partial charge in [-0.25, -0.2) is 0 Å². The Morgan fingerprint density at radius 2 is 1.45 bits per heavy atom. The van der Waals surface area contributed by atoms with Crippen molar-refractivity contribution in [3.8, 4) is 0 Å². The van der Waals surface area contributed by atoms with Gasteiger partial charge in [0.2, 0.25) is 0 Å². The van der Waals surface area contributed by atoms with E-state index in [0.717, 1.165) is 16.0 Å². The van der Waals surface area contributed by atoms with Gasteiger partial charge in [0.1, 0.15) is 24.4 Å². The van der Waals surface area contributed by atoms with Gasteiger partial charge in [0.15, 0.2) is 6.29 Å². The molecule has 0 aliphatic carbocycles. The van der Waals surface area contributed by atoms with Crippen LogP contribution in [0.1, 0.15) is 38.3 Å². The van der Waals surface area contributed by atoms with Crippen molar-refractivity contribution in [2.75, 3.05) is 19.8 Å². The molecule has 2 heterocycles. The summed E-state index contributed by atoms with van der Waals surface area (Å²) in [6.45, 7) is 0.726. The number of nitrogens with zero attached hydrogens (tertiary/aromatic N) is 4. The summed E-state index contributed by atoms with van der Waals surface area (Å²) in [5.74, 6) is -1.04. The van der Waals surface area contributed by atoms with E-state index >= 15 is 0 Å². The number of fused-ring (bicyclic) bond motifs is 1. The van der Waals surface area contributed by atoms with Crippen molar-refractivity contribution in [2.45, 2.75) is 50.3 Å². The lowest BCUT2D eigenvalue weighted by atomic mass is 9.95. The van der Waals surface area contributed by atoms with Crippen LogP contribution in [-0.4, -0.2) is 72.2 Å². The smallest absolute Gasteiger partial charge is 0.262 e. The second-order valence-corrected chi connectivity index (χ2v) is 9.99.